The molecule has 4 rings (SSSR count). The number of nitrogens with one attached hydrogen (secondary N) is 3. The van der Waals surface area contributed by atoms with E-state index in [1.165, 1.54) is 20.2 Å². The van der Waals surface area contributed by atoms with Crippen LogP contribution in [-0.2, 0) is 38.9 Å². The first kappa shape index (κ1) is 39.1. The van der Waals surface area contributed by atoms with Crippen LogP contribution in [0.5, 0.6) is 5.75 Å². The second-order valence-electron chi connectivity index (χ2n) is 13.2. The molecule has 1 aliphatic rings. The highest BCUT2D eigenvalue weighted by atomic mass is 32.2. The van der Waals surface area contributed by atoms with Crippen LogP contribution in [0, 0.1) is 5.92 Å². The highest BCUT2D eigenvalue weighted by Crippen LogP contribution is 2.23. The fourth-order valence-corrected chi connectivity index (χ4v) is 6.19. The Hall–Kier alpha value is -4.65. The summed E-state index contributed by atoms with van der Waals surface area (Å²) in [6, 6.07) is 20.9. The van der Waals surface area contributed by atoms with Crippen LogP contribution in [0.3, 0.4) is 0 Å². The van der Waals surface area contributed by atoms with Gasteiger partial charge in [0.25, 0.3) is 5.91 Å². The molecule has 0 saturated heterocycles. The standard InChI is InChI=1S/C39H50N4O7S/c1-26(2)37(27(3)40-24-29-14-8-7-9-15-29)42-39(46)36(49-5)23-35(44)34-25-50-33-18-12-17-28(21-33)13-10-11-16-30-19-31(38(45)41-34)22-32(20-30)43(4)51(6,47)48/h7-12,14-15,17-22,26,34-37,40,44H,3,13,16,23-25H2,1-2,4-6H3,(H,41,45)(H,42,46)/b11-10+/t34-,35-,36+,37-/m0/s1. The van der Waals surface area contributed by atoms with Crippen LogP contribution < -0.4 is 25.0 Å². The topological polar surface area (TPSA) is 146 Å². The van der Waals surface area contributed by atoms with Gasteiger partial charge in [-0.2, -0.15) is 0 Å². The lowest BCUT2D eigenvalue weighted by atomic mass is 9.99. The third-order valence-corrected chi connectivity index (χ3v) is 10.0. The third kappa shape index (κ3) is 11.4. The molecule has 0 unspecified atom stereocenters. The Bertz CT molecular complexity index is 1800. The van der Waals surface area contributed by atoms with Gasteiger partial charge in [-0.15, -0.1) is 0 Å². The van der Waals surface area contributed by atoms with Crippen LogP contribution in [0.15, 0.2) is 97.2 Å². The molecule has 0 aromatic heterocycles. The van der Waals surface area contributed by atoms with Gasteiger partial charge in [0.1, 0.15) is 18.5 Å². The molecular weight excluding hydrogens is 669 g/mol. The van der Waals surface area contributed by atoms with E-state index in [4.69, 9.17) is 9.47 Å². The molecule has 12 heteroatoms. The first-order chi connectivity index (χ1) is 24.2. The van der Waals surface area contributed by atoms with Crippen LogP contribution in [0.25, 0.3) is 0 Å². The molecule has 4 N–H and O–H groups in total. The van der Waals surface area contributed by atoms with Crippen molar-refractivity contribution in [2.45, 2.75) is 63.9 Å². The van der Waals surface area contributed by atoms with Gasteiger partial charge in [-0.1, -0.05) is 75.0 Å². The average molecular weight is 719 g/mol. The van der Waals surface area contributed by atoms with Crippen LogP contribution >= 0.6 is 0 Å². The van der Waals surface area contributed by atoms with Crippen molar-refractivity contribution in [3.8, 4) is 5.75 Å². The van der Waals surface area contributed by atoms with Gasteiger partial charge in [0, 0.05) is 38.4 Å². The average Bonchev–Trinajstić information content (AvgIpc) is 3.11. The summed E-state index contributed by atoms with van der Waals surface area (Å²) in [4.78, 5) is 27.4. The van der Waals surface area contributed by atoms with Gasteiger partial charge in [-0.05, 0) is 65.8 Å². The number of anilines is 1. The molecule has 0 aliphatic carbocycles. The highest BCUT2D eigenvalue weighted by Gasteiger charge is 2.31. The Morgan fingerprint density at radius 1 is 1.06 bits per heavy atom. The zero-order valence-corrected chi connectivity index (χ0v) is 30.8. The van der Waals surface area contributed by atoms with Gasteiger partial charge in [-0.3, -0.25) is 13.9 Å². The summed E-state index contributed by atoms with van der Waals surface area (Å²) in [6.45, 7) is 8.54. The van der Waals surface area contributed by atoms with Crippen molar-refractivity contribution in [1.29, 1.82) is 0 Å². The molecule has 1 aliphatic heterocycles. The van der Waals surface area contributed by atoms with Crippen molar-refractivity contribution in [2.75, 3.05) is 31.3 Å². The van der Waals surface area contributed by atoms with Crippen LogP contribution in [0.1, 0.15) is 47.3 Å². The van der Waals surface area contributed by atoms with E-state index < -0.39 is 46.1 Å². The second-order valence-corrected chi connectivity index (χ2v) is 15.2. The summed E-state index contributed by atoms with van der Waals surface area (Å²) in [5, 5.41) is 20.8. The summed E-state index contributed by atoms with van der Waals surface area (Å²) >= 11 is 0. The lowest BCUT2D eigenvalue weighted by Gasteiger charge is -2.30. The van der Waals surface area contributed by atoms with Gasteiger partial charge >= 0.3 is 0 Å². The van der Waals surface area contributed by atoms with Crippen LogP contribution in [0.4, 0.5) is 5.69 Å². The number of benzene rings is 3. The number of hydrogen-bond donors (Lipinski definition) is 4. The number of fused-ring (bicyclic) bond motifs is 4. The number of nitrogens with zero attached hydrogens (tertiary/aromatic N) is 1. The zero-order chi connectivity index (χ0) is 37.1. The predicted molar refractivity (Wildman–Crippen MR) is 200 cm³/mol. The van der Waals surface area contributed by atoms with Crippen LogP contribution in [-0.4, -0.2) is 76.7 Å². The molecule has 0 fully saturated rings. The normalized spacial score (nSPS) is 17.4. The van der Waals surface area contributed by atoms with E-state index in [1.807, 2.05) is 74.5 Å². The molecule has 0 radical (unpaired) electrons. The van der Waals surface area contributed by atoms with Gasteiger partial charge in [0.2, 0.25) is 15.9 Å². The van der Waals surface area contributed by atoms with E-state index in [0.717, 1.165) is 27.3 Å². The second kappa shape index (κ2) is 18.0. The lowest BCUT2D eigenvalue weighted by molar-refractivity contribution is -0.134. The number of methoxy groups -OCH3 is 1. The molecule has 1 heterocycles. The highest BCUT2D eigenvalue weighted by molar-refractivity contribution is 7.92. The van der Waals surface area contributed by atoms with Crippen molar-refractivity contribution in [3.63, 3.8) is 0 Å². The number of amides is 2. The maximum absolute atomic E-state index is 13.8. The Kier molecular flexibility index (Phi) is 13.8. The van der Waals surface area contributed by atoms with Crippen molar-refractivity contribution < 1.29 is 32.6 Å². The molecule has 4 atom stereocenters. The number of aliphatic hydroxyl groups is 1. The van der Waals surface area contributed by atoms with Gasteiger partial charge in [-0.25, -0.2) is 8.42 Å². The van der Waals surface area contributed by atoms with Gasteiger partial charge < -0.3 is 30.5 Å². The minimum absolute atomic E-state index is 0.00279. The molecule has 4 bridgehead atoms. The molecule has 11 nitrogen and oxygen atoms in total. The number of allylic oxidation sites excluding steroid dienone is 2. The van der Waals surface area contributed by atoms with E-state index in [2.05, 4.69) is 22.5 Å². The summed E-state index contributed by atoms with van der Waals surface area (Å²) in [5.74, 6) is -0.429. The number of aliphatic hydroxyl groups excluding tert-OH is 1. The quantitative estimate of drug-likeness (QED) is 0.193. The summed E-state index contributed by atoms with van der Waals surface area (Å²) in [6.07, 6.45) is 3.67. The minimum Gasteiger partial charge on any atom is -0.491 e. The molecule has 274 valence electrons. The lowest BCUT2D eigenvalue weighted by Crippen LogP contribution is -2.52. The Morgan fingerprint density at radius 3 is 2.43 bits per heavy atom. The number of ether oxygens (including phenoxy) is 2. The van der Waals surface area contributed by atoms with Crippen molar-refractivity contribution in [2.24, 2.45) is 5.92 Å². The van der Waals surface area contributed by atoms with Crippen LogP contribution in [0.2, 0.25) is 0 Å². The van der Waals surface area contributed by atoms with Crippen molar-refractivity contribution >= 4 is 27.5 Å². The number of sulfonamides is 1. The first-order valence-electron chi connectivity index (χ1n) is 17.0. The van der Waals surface area contributed by atoms with E-state index in [9.17, 15) is 23.1 Å². The van der Waals surface area contributed by atoms with E-state index in [1.54, 1.807) is 18.2 Å². The summed E-state index contributed by atoms with van der Waals surface area (Å²) in [5.41, 5.74) is 3.98. The summed E-state index contributed by atoms with van der Waals surface area (Å²) < 4.78 is 37.6. The maximum atomic E-state index is 13.8. The first-order valence-corrected chi connectivity index (χ1v) is 18.8. The van der Waals surface area contributed by atoms with Gasteiger partial charge in [0.05, 0.1) is 30.1 Å². The fourth-order valence-electron chi connectivity index (χ4n) is 5.70. The van der Waals surface area contributed by atoms with E-state index >= 15 is 0 Å². The minimum atomic E-state index is -3.61. The molecule has 0 spiro atoms. The summed E-state index contributed by atoms with van der Waals surface area (Å²) in [7, 11) is -0.795. The Labute approximate surface area is 301 Å². The van der Waals surface area contributed by atoms with Gasteiger partial charge in [0.15, 0.2) is 0 Å². The molecule has 0 saturated carbocycles. The fraction of sp³-hybridized carbons (Fsp3) is 0.385. The predicted octanol–water partition coefficient (Wildman–Crippen LogP) is 4.12. The number of hydrogen-bond acceptors (Lipinski definition) is 8. The molecular formula is C39H50N4O7S. The van der Waals surface area contributed by atoms with Crippen molar-refractivity contribution in [3.05, 3.63) is 119 Å². The molecule has 3 aromatic rings. The number of carbonyl (C=O) groups is 2. The Balaban J connectivity index is 1.56. The monoisotopic (exact) mass is 718 g/mol. The Morgan fingerprint density at radius 2 is 1.76 bits per heavy atom. The maximum Gasteiger partial charge on any atom is 0.251 e. The number of carbonyl (C=O) groups excluding carboxylic acids is 2. The number of rotatable bonds is 13. The largest absolute Gasteiger partial charge is 0.491 e. The molecule has 2 amide bonds. The zero-order valence-electron chi connectivity index (χ0n) is 30.0. The molecule has 3 aromatic carbocycles. The van der Waals surface area contributed by atoms with E-state index in [-0.39, 0.29) is 24.5 Å². The third-order valence-electron chi connectivity index (χ3n) is 8.82. The smallest absolute Gasteiger partial charge is 0.251 e. The molecule has 51 heavy (non-hydrogen) atoms. The SMILES string of the molecule is C=C(NCc1ccccc1)[C@@H](NC(=O)[C@@H](C[C@H](O)[C@@H]1COc2cccc(c2)C/C=C/Cc2cc(cc(N(C)S(C)(=O)=O)c2)C(=O)N1)OC)C(C)C. The van der Waals surface area contributed by atoms with Crippen molar-refractivity contribution in [1.82, 2.24) is 16.0 Å². The van der Waals surface area contributed by atoms with E-state index in [0.29, 0.717) is 36.5 Å².